The SMILES string of the molecule is COc1cccc([N+](=O)[O-])c1-c1cc(Cl)ncc1Cl. The molecule has 0 N–H and O–H groups in total. The van der Waals surface area contributed by atoms with Crippen molar-refractivity contribution in [2.75, 3.05) is 7.11 Å². The molecule has 0 aliphatic carbocycles. The van der Waals surface area contributed by atoms with Crippen LogP contribution in [0.4, 0.5) is 5.69 Å². The van der Waals surface area contributed by atoms with E-state index < -0.39 is 4.92 Å². The summed E-state index contributed by atoms with van der Waals surface area (Å²) in [6.45, 7) is 0. The maximum absolute atomic E-state index is 11.1. The van der Waals surface area contributed by atoms with E-state index in [0.717, 1.165) is 0 Å². The largest absolute Gasteiger partial charge is 0.496 e. The van der Waals surface area contributed by atoms with E-state index in [-0.39, 0.29) is 21.4 Å². The minimum absolute atomic E-state index is 0.108. The number of aromatic nitrogens is 1. The van der Waals surface area contributed by atoms with Crippen molar-refractivity contribution < 1.29 is 9.66 Å². The molecule has 0 saturated carbocycles. The van der Waals surface area contributed by atoms with E-state index in [1.165, 1.54) is 31.5 Å². The molecule has 0 bridgehead atoms. The second kappa shape index (κ2) is 5.42. The van der Waals surface area contributed by atoms with E-state index in [2.05, 4.69) is 4.98 Å². The number of ether oxygens (including phenoxy) is 1. The average molecular weight is 299 g/mol. The second-order valence-corrected chi connectivity index (χ2v) is 4.39. The number of methoxy groups -OCH3 is 1. The zero-order valence-corrected chi connectivity index (χ0v) is 11.3. The normalized spacial score (nSPS) is 10.3. The first-order valence-corrected chi connectivity index (χ1v) is 5.93. The summed E-state index contributed by atoms with van der Waals surface area (Å²) in [5.74, 6) is 0.346. The predicted molar refractivity (Wildman–Crippen MR) is 72.9 cm³/mol. The molecular formula is C12H8Cl2N2O3. The number of nitro benzene ring substituents is 1. The highest BCUT2D eigenvalue weighted by Gasteiger charge is 2.22. The zero-order valence-electron chi connectivity index (χ0n) is 9.76. The summed E-state index contributed by atoms with van der Waals surface area (Å²) in [5, 5.41) is 11.6. The summed E-state index contributed by atoms with van der Waals surface area (Å²) in [5.41, 5.74) is 0.582. The first kappa shape index (κ1) is 13.6. The van der Waals surface area contributed by atoms with Crippen LogP contribution in [0.25, 0.3) is 11.1 Å². The van der Waals surface area contributed by atoms with Gasteiger partial charge in [-0.15, -0.1) is 0 Å². The molecule has 19 heavy (non-hydrogen) atoms. The van der Waals surface area contributed by atoms with E-state index >= 15 is 0 Å². The van der Waals surface area contributed by atoms with Crippen LogP contribution in [0.15, 0.2) is 30.5 Å². The smallest absolute Gasteiger partial charge is 0.280 e. The maximum atomic E-state index is 11.1. The maximum Gasteiger partial charge on any atom is 0.280 e. The Morgan fingerprint density at radius 2 is 2.11 bits per heavy atom. The van der Waals surface area contributed by atoms with E-state index in [4.69, 9.17) is 27.9 Å². The summed E-state index contributed by atoms with van der Waals surface area (Å²) in [7, 11) is 1.43. The fraction of sp³-hybridized carbons (Fsp3) is 0.0833. The van der Waals surface area contributed by atoms with Crippen molar-refractivity contribution in [1.29, 1.82) is 0 Å². The molecule has 0 spiro atoms. The van der Waals surface area contributed by atoms with Crippen molar-refractivity contribution in [3.05, 3.63) is 50.8 Å². The van der Waals surface area contributed by atoms with E-state index in [1.54, 1.807) is 6.07 Å². The van der Waals surface area contributed by atoms with Crippen LogP contribution in [0, 0.1) is 10.1 Å². The van der Waals surface area contributed by atoms with Gasteiger partial charge in [0.15, 0.2) is 0 Å². The molecule has 1 aromatic heterocycles. The predicted octanol–water partition coefficient (Wildman–Crippen LogP) is 3.97. The van der Waals surface area contributed by atoms with Crippen molar-refractivity contribution in [3.8, 4) is 16.9 Å². The molecule has 0 atom stereocenters. The molecule has 2 rings (SSSR count). The van der Waals surface area contributed by atoms with Gasteiger partial charge in [0.2, 0.25) is 0 Å². The summed E-state index contributed by atoms with van der Waals surface area (Å²) in [6, 6.07) is 6.00. The van der Waals surface area contributed by atoms with Crippen molar-refractivity contribution in [3.63, 3.8) is 0 Å². The minimum atomic E-state index is -0.498. The van der Waals surface area contributed by atoms with Crippen LogP contribution in [-0.2, 0) is 0 Å². The third kappa shape index (κ3) is 2.62. The monoisotopic (exact) mass is 298 g/mol. The Kier molecular flexibility index (Phi) is 3.87. The topological polar surface area (TPSA) is 65.3 Å². The molecule has 0 aliphatic rings. The lowest BCUT2D eigenvalue weighted by Gasteiger charge is -2.10. The summed E-state index contributed by atoms with van der Waals surface area (Å²) in [6.07, 6.45) is 1.34. The Morgan fingerprint density at radius 1 is 1.37 bits per heavy atom. The lowest BCUT2D eigenvalue weighted by atomic mass is 10.0. The molecule has 0 saturated heterocycles. The molecule has 7 heteroatoms. The van der Waals surface area contributed by atoms with Gasteiger partial charge < -0.3 is 4.74 Å². The second-order valence-electron chi connectivity index (χ2n) is 3.60. The van der Waals surface area contributed by atoms with Crippen LogP contribution >= 0.6 is 23.2 Å². The van der Waals surface area contributed by atoms with Crippen molar-refractivity contribution >= 4 is 28.9 Å². The van der Waals surface area contributed by atoms with E-state index in [1.807, 2.05) is 0 Å². The molecule has 0 aliphatic heterocycles. The molecular weight excluding hydrogens is 291 g/mol. The highest BCUT2D eigenvalue weighted by Crippen LogP contribution is 2.41. The Hall–Kier alpha value is -1.85. The van der Waals surface area contributed by atoms with Crippen molar-refractivity contribution in [1.82, 2.24) is 4.98 Å². The first-order chi connectivity index (χ1) is 9.04. The third-order valence-electron chi connectivity index (χ3n) is 2.51. The van der Waals surface area contributed by atoms with Gasteiger partial charge in [-0.2, -0.15) is 0 Å². The third-order valence-corrected chi connectivity index (χ3v) is 3.02. The minimum Gasteiger partial charge on any atom is -0.496 e. The number of hydrogen-bond donors (Lipinski definition) is 0. The summed E-state index contributed by atoms with van der Waals surface area (Å²) < 4.78 is 5.16. The lowest BCUT2D eigenvalue weighted by molar-refractivity contribution is -0.384. The molecule has 0 amide bonds. The van der Waals surface area contributed by atoms with Gasteiger partial charge in [-0.25, -0.2) is 4.98 Å². The number of benzene rings is 1. The van der Waals surface area contributed by atoms with Gasteiger partial charge in [0.1, 0.15) is 16.5 Å². The van der Waals surface area contributed by atoms with Gasteiger partial charge in [-0.1, -0.05) is 29.3 Å². The Bertz CT molecular complexity index is 647. The van der Waals surface area contributed by atoms with Crippen LogP contribution in [-0.4, -0.2) is 17.0 Å². The highest BCUT2D eigenvalue weighted by molar-refractivity contribution is 6.34. The standard InChI is InChI=1S/C12H8Cl2N2O3/c1-19-10-4-2-3-9(16(17)18)12(10)7-5-11(14)15-6-8(7)13/h2-6H,1H3. The van der Waals surface area contributed by atoms with Crippen molar-refractivity contribution in [2.45, 2.75) is 0 Å². The van der Waals surface area contributed by atoms with Gasteiger partial charge in [0.05, 0.1) is 17.1 Å². The molecule has 5 nitrogen and oxygen atoms in total. The number of rotatable bonds is 3. The average Bonchev–Trinajstić information content (AvgIpc) is 2.40. The number of nitro groups is 1. The molecule has 98 valence electrons. The Morgan fingerprint density at radius 3 is 2.74 bits per heavy atom. The van der Waals surface area contributed by atoms with Crippen LogP contribution in [0.1, 0.15) is 0 Å². The van der Waals surface area contributed by atoms with Crippen LogP contribution in [0.3, 0.4) is 0 Å². The number of halogens is 2. The Labute approximate surface area is 118 Å². The molecule has 0 fully saturated rings. The lowest BCUT2D eigenvalue weighted by Crippen LogP contribution is -1.96. The number of nitrogens with zero attached hydrogens (tertiary/aromatic N) is 2. The summed E-state index contributed by atoms with van der Waals surface area (Å²) in [4.78, 5) is 14.4. The van der Waals surface area contributed by atoms with Gasteiger partial charge in [-0.05, 0) is 12.1 Å². The highest BCUT2D eigenvalue weighted by atomic mass is 35.5. The number of pyridine rings is 1. The summed E-state index contributed by atoms with van der Waals surface area (Å²) >= 11 is 11.9. The van der Waals surface area contributed by atoms with Gasteiger partial charge in [-0.3, -0.25) is 10.1 Å². The molecule has 1 heterocycles. The fourth-order valence-electron chi connectivity index (χ4n) is 1.72. The van der Waals surface area contributed by atoms with Gasteiger partial charge >= 0.3 is 0 Å². The van der Waals surface area contributed by atoms with Crippen molar-refractivity contribution in [2.24, 2.45) is 0 Å². The van der Waals surface area contributed by atoms with Crippen LogP contribution in [0.5, 0.6) is 5.75 Å². The molecule has 1 aromatic carbocycles. The zero-order chi connectivity index (χ0) is 14.0. The van der Waals surface area contributed by atoms with Gasteiger partial charge in [0, 0.05) is 17.8 Å². The molecule has 0 unspecified atom stereocenters. The molecule has 2 aromatic rings. The van der Waals surface area contributed by atoms with Crippen LogP contribution < -0.4 is 4.74 Å². The van der Waals surface area contributed by atoms with E-state index in [0.29, 0.717) is 11.3 Å². The van der Waals surface area contributed by atoms with E-state index in [9.17, 15) is 10.1 Å². The number of hydrogen-bond acceptors (Lipinski definition) is 4. The Balaban J connectivity index is 2.79. The molecule has 0 radical (unpaired) electrons. The van der Waals surface area contributed by atoms with Crippen LogP contribution in [0.2, 0.25) is 10.2 Å². The fourth-order valence-corrected chi connectivity index (χ4v) is 2.07. The van der Waals surface area contributed by atoms with Gasteiger partial charge in [0.25, 0.3) is 5.69 Å². The quantitative estimate of drug-likeness (QED) is 0.488. The first-order valence-electron chi connectivity index (χ1n) is 5.17.